The van der Waals surface area contributed by atoms with E-state index < -0.39 is 0 Å². The summed E-state index contributed by atoms with van der Waals surface area (Å²) in [6.07, 6.45) is 4.50. The number of likely N-dealkylation sites (N-methyl/N-ethyl adjacent to an activating group) is 1. The number of aryl methyl sites for hydroxylation is 1. The number of aromatic nitrogens is 1. The van der Waals surface area contributed by atoms with E-state index in [1.54, 1.807) is 18.2 Å². The topological polar surface area (TPSA) is 62.6 Å². The largest absolute Gasteiger partial charge is 0.342 e. The van der Waals surface area contributed by atoms with Gasteiger partial charge >= 0.3 is 0 Å². The minimum Gasteiger partial charge on any atom is -0.342 e. The molecule has 182 valence electrons. The fourth-order valence-corrected chi connectivity index (χ4v) is 5.32. The molecule has 0 radical (unpaired) electrons. The highest BCUT2D eigenvalue weighted by Crippen LogP contribution is 2.35. The molecule has 35 heavy (non-hydrogen) atoms. The number of imide groups is 1. The van der Waals surface area contributed by atoms with Crippen molar-refractivity contribution in [3.63, 3.8) is 0 Å². The van der Waals surface area contributed by atoms with Crippen LogP contribution in [0.1, 0.15) is 37.5 Å². The van der Waals surface area contributed by atoms with Crippen LogP contribution in [-0.2, 0) is 29.1 Å². The molecule has 0 aliphatic carbocycles. The standard InChI is InChI=1S/C27H28ClN3O3S/c1-4-19-8-7-9-22-20(16-30(25(19)22)17-24(32)29(5-2)6-3)14-23-26(33)31(27(34)35-23)15-18-10-12-21(28)13-11-18/h7-14,16H,4-6,15,17H2,1-3H3/b23-14-. The van der Waals surface area contributed by atoms with Crippen molar-refractivity contribution in [2.24, 2.45) is 0 Å². The Balaban J connectivity index is 1.68. The lowest BCUT2D eigenvalue weighted by Crippen LogP contribution is -2.33. The first-order valence-corrected chi connectivity index (χ1v) is 12.9. The van der Waals surface area contributed by atoms with E-state index in [1.807, 2.05) is 53.8 Å². The van der Waals surface area contributed by atoms with E-state index >= 15 is 0 Å². The Morgan fingerprint density at radius 1 is 1.06 bits per heavy atom. The Hall–Kier alpha value is -3.03. The molecule has 1 fully saturated rings. The van der Waals surface area contributed by atoms with Gasteiger partial charge in [0.2, 0.25) is 5.91 Å². The number of hydrogen-bond acceptors (Lipinski definition) is 4. The monoisotopic (exact) mass is 509 g/mol. The zero-order chi connectivity index (χ0) is 25.1. The van der Waals surface area contributed by atoms with Crippen LogP contribution in [0.4, 0.5) is 4.79 Å². The van der Waals surface area contributed by atoms with Gasteiger partial charge in [0.25, 0.3) is 11.1 Å². The molecule has 0 unspecified atom stereocenters. The Kier molecular flexibility index (Phi) is 7.67. The molecule has 0 N–H and O–H groups in total. The van der Waals surface area contributed by atoms with Gasteiger partial charge in [0.15, 0.2) is 0 Å². The lowest BCUT2D eigenvalue weighted by Gasteiger charge is -2.19. The number of halogens is 1. The number of rotatable bonds is 8. The molecule has 3 amide bonds. The molecule has 3 aromatic rings. The maximum atomic E-state index is 13.1. The second kappa shape index (κ2) is 10.7. The molecule has 0 saturated carbocycles. The van der Waals surface area contributed by atoms with Crippen molar-refractivity contribution in [2.45, 2.75) is 40.3 Å². The van der Waals surface area contributed by atoms with E-state index in [1.165, 1.54) is 4.90 Å². The summed E-state index contributed by atoms with van der Waals surface area (Å²) in [5.74, 6) is -0.269. The van der Waals surface area contributed by atoms with Crippen LogP contribution in [0, 0.1) is 0 Å². The summed E-state index contributed by atoms with van der Waals surface area (Å²) < 4.78 is 1.97. The third-order valence-electron chi connectivity index (χ3n) is 6.23. The van der Waals surface area contributed by atoms with Crippen LogP contribution in [0.2, 0.25) is 5.02 Å². The number of thioether (sulfide) groups is 1. The first-order valence-electron chi connectivity index (χ1n) is 11.7. The first kappa shape index (κ1) is 25.1. The molecular formula is C27H28ClN3O3S. The molecule has 1 aliphatic rings. The molecule has 2 aromatic carbocycles. The Labute approximate surface area is 214 Å². The van der Waals surface area contributed by atoms with E-state index in [2.05, 4.69) is 13.0 Å². The van der Waals surface area contributed by atoms with Gasteiger partial charge in [-0.2, -0.15) is 0 Å². The first-order chi connectivity index (χ1) is 16.9. The van der Waals surface area contributed by atoms with E-state index in [9.17, 15) is 14.4 Å². The van der Waals surface area contributed by atoms with Crippen molar-refractivity contribution in [1.29, 1.82) is 0 Å². The molecule has 0 atom stereocenters. The number of carbonyl (C=O) groups excluding carboxylic acids is 3. The highest BCUT2D eigenvalue weighted by atomic mass is 35.5. The van der Waals surface area contributed by atoms with Gasteiger partial charge in [0.1, 0.15) is 6.54 Å². The smallest absolute Gasteiger partial charge is 0.293 e. The lowest BCUT2D eigenvalue weighted by molar-refractivity contribution is -0.131. The number of carbonyl (C=O) groups is 3. The van der Waals surface area contributed by atoms with E-state index in [0.29, 0.717) is 23.0 Å². The average molecular weight is 510 g/mol. The van der Waals surface area contributed by atoms with Crippen molar-refractivity contribution in [3.8, 4) is 0 Å². The highest BCUT2D eigenvalue weighted by Gasteiger charge is 2.35. The third kappa shape index (κ3) is 5.16. The van der Waals surface area contributed by atoms with Gasteiger partial charge in [-0.1, -0.05) is 48.9 Å². The van der Waals surface area contributed by atoms with Crippen LogP contribution < -0.4 is 0 Å². The van der Waals surface area contributed by atoms with Crippen LogP contribution in [0.25, 0.3) is 17.0 Å². The molecule has 1 aromatic heterocycles. The number of amides is 3. The predicted molar refractivity (Wildman–Crippen MR) is 142 cm³/mol. The normalized spacial score (nSPS) is 15.0. The fraction of sp³-hybridized carbons (Fsp3) is 0.296. The molecule has 8 heteroatoms. The summed E-state index contributed by atoms with van der Waals surface area (Å²) in [4.78, 5) is 42.1. The molecule has 4 rings (SSSR count). The van der Waals surface area contributed by atoms with Gasteiger partial charge < -0.3 is 9.47 Å². The molecule has 6 nitrogen and oxygen atoms in total. The van der Waals surface area contributed by atoms with Crippen molar-refractivity contribution in [1.82, 2.24) is 14.4 Å². The Morgan fingerprint density at radius 2 is 1.77 bits per heavy atom. The zero-order valence-corrected chi connectivity index (χ0v) is 21.7. The number of para-hydroxylation sites is 1. The van der Waals surface area contributed by atoms with E-state index in [4.69, 9.17) is 11.6 Å². The second-order valence-electron chi connectivity index (χ2n) is 8.34. The summed E-state index contributed by atoms with van der Waals surface area (Å²) in [6.45, 7) is 7.75. The molecule has 0 spiro atoms. The lowest BCUT2D eigenvalue weighted by atomic mass is 10.1. The highest BCUT2D eigenvalue weighted by molar-refractivity contribution is 8.18. The van der Waals surface area contributed by atoms with Crippen LogP contribution in [0.15, 0.2) is 53.6 Å². The van der Waals surface area contributed by atoms with Crippen molar-refractivity contribution >= 4 is 57.4 Å². The maximum Gasteiger partial charge on any atom is 0.293 e. The minimum atomic E-state index is -0.318. The fourth-order valence-electron chi connectivity index (χ4n) is 4.36. The summed E-state index contributed by atoms with van der Waals surface area (Å²) in [6, 6.07) is 13.1. The van der Waals surface area contributed by atoms with E-state index in [0.717, 1.165) is 45.8 Å². The van der Waals surface area contributed by atoms with Gasteiger partial charge in [-0.3, -0.25) is 19.3 Å². The Morgan fingerprint density at radius 3 is 2.43 bits per heavy atom. The zero-order valence-electron chi connectivity index (χ0n) is 20.1. The van der Waals surface area contributed by atoms with Crippen LogP contribution in [-0.4, -0.2) is 44.5 Å². The van der Waals surface area contributed by atoms with Gasteiger partial charge in [-0.15, -0.1) is 0 Å². The average Bonchev–Trinajstić information content (AvgIpc) is 3.33. The van der Waals surface area contributed by atoms with Crippen molar-refractivity contribution < 1.29 is 14.4 Å². The predicted octanol–water partition coefficient (Wildman–Crippen LogP) is 5.96. The molecule has 1 aliphatic heterocycles. The number of benzene rings is 2. The van der Waals surface area contributed by atoms with Crippen LogP contribution in [0.5, 0.6) is 0 Å². The number of fused-ring (bicyclic) bond motifs is 1. The molecular weight excluding hydrogens is 482 g/mol. The number of nitrogens with zero attached hydrogens (tertiary/aromatic N) is 3. The third-order valence-corrected chi connectivity index (χ3v) is 7.39. The van der Waals surface area contributed by atoms with Gasteiger partial charge in [0.05, 0.1) is 17.0 Å². The summed E-state index contributed by atoms with van der Waals surface area (Å²) in [5, 5.41) is 1.26. The Bertz CT molecular complexity index is 1310. The molecule has 1 saturated heterocycles. The van der Waals surface area contributed by atoms with Gasteiger partial charge in [-0.25, -0.2) is 0 Å². The number of hydrogen-bond donors (Lipinski definition) is 0. The molecule has 2 heterocycles. The van der Waals surface area contributed by atoms with Crippen molar-refractivity contribution in [2.75, 3.05) is 13.1 Å². The van der Waals surface area contributed by atoms with Crippen molar-refractivity contribution in [3.05, 3.63) is 75.3 Å². The SMILES string of the molecule is CCc1cccc2c(/C=C3\SC(=O)N(Cc4ccc(Cl)cc4)C3=O)cn(CC(=O)N(CC)CC)c12. The molecule has 0 bridgehead atoms. The van der Waals surface area contributed by atoms with Gasteiger partial charge in [0, 0.05) is 35.3 Å². The summed E-state index contributed by atoms with van der Waals surface area (Å²) in [7, 11) is 0. The second-order valence-corrected chi connectivity index (χ2v) is 9.77. The van der Waals surface area contributed by atoms with Gasteiger partial charge in [-0.05, 0) is 61.4 Å². The quantitative estimate of drug-likeness (QED) is 0.351. The summed E-state index contributed by atoms with van der Waals surface area (Å²) >= 11 is 6.89. The van der Waals surface area contributed by atoms with Crippen LogP contribution in [0.3, 0.4) is 0 Å². The maximum absolute atomic E-state index is 13.1. The van der Waals surface area contributed by atoms with E-state index in [-0.39, 0.29) is 30.1 Å². The summed E-state index contributed by atoms with van der Waals surface area (Å²) in [5.41, 5.74) is 3.77. The minimum absolute atomic E-state index is 0.0487. The van der Waals surface area contributed by atoms with Crippen LogP contribution >= 0.6 is 23.4 Å².